The molecule has 2 aliphatic rings. The van der Waals surface area contributed by atoms with E-state index in [0.29, 0.717) is 17.6 Å². The minimum Gasteiger partial charge on any atom is -0.278 e. The van der Waals surface area contributed by atoms with E-state index in [4.69, 9.17) is 15.0 Å². The molecule has 7 aromatic carbocycles. The smallest absolute Gasteiger partial charge is 0.238 e. The maximum atomic E-state index is 5.20. The van der Waals surface area contributed by atoms with Gasteiger partial charge in [0.25, 0.3) is 0 Å². The molecule has 0 saturated heterocycles. The predicted octanol–water partition coefficient (Wildman–Crippen LogP) is 12.0. The van der Waals surface area contributed by atoms with Crippen LogP contribution in [0.4, 0.5) is 0 Å². The van der Waals surface area contributed by atoms with Crippen LogP contribution in [-0.2, 0) is 11.8 Å². The molecule has 2 aliphatic carbocycles. The second kappa shape index (κ2) is 10.8. The number of para-hydroxylation sites is 1. The topological polar surface area (TPSA) is 43.6 Å². The van der Waals surface area contributed by atoms with Crippen LogP contribution >= 0.6 is 0 Å². The van der Waals surface area contributed by atoms with Crippen LogP contribution in [0.15, 0.2) is 146 Å². The highest BCUT2D eigenvalue weighted by Gasteiger charge is 2.54. The summed E-state index contributed by atoms with van der Waals surface area (Å²) in [6.45, 7) is 7.39. The molecule has 252 valence electrons. The lowest BCUT2D eigenvalue weighted by Crippen LogP contribution is -2.38. The summed E-state index contributed by atoms with van der Waals surface area (Å²) in [5.41, 5.74) is 10.8. The summed E-state index contributed by atoms with van der Waals surface area (Å²) in [4.78, 5) is 15.4. The van der Waals surface area contributed by atoms with Gasteiger partial charge >= 0.3 is 0 Å². The Bertz CT molecular complexity index is 2950. The van der Waals surface area contributed by atoms with Crippen molar-refractivity contribution in [3.8, 4) is 28.7 Å². The Kier molecular flexibility index (Phi) is 6.17. The fourth-order valence-electron chi connectivity index (χ4n) is 9.45. The largest absolute Gasteiger partial charge is 0.278 e. The van der Waals surface area contributed by atoms with Gasteiger partial charge in [-0.1, -0.05) is 148 Å². The molecular weight excluding hydrogens is 645 g/mol. The van der Waals surface area contributed by atoms with E-state index < -0.39 is 0 Å². The highest BCUT2D eigenvalue weighted by molar-refractivity contribution is 6.16. The number of allylic oxidation sites excluding steroid dienone is 1. The highest BCUT2D eigenvalue weighted by Crippen LogP contribution is 2.63. The van der Waals surface area contributed by atoms with E-state index in [0.717, 1.165) is 28.6 Å². The zero-order valence-corrected chi connectivity index (χ0v) is 29.9. The summed E-state index contributed by atoms with van der Waals surface area (Å²) in [5, 5.41) is 7.75. The van der Waals surface area contributed by atoms with Crippen molar-refractivity contribution in [2.24, 2.45) is 5.41 Å². The number of fused-ring (bicyclic) bond motifs is 12. The van der Waals surface area contributed by atoms with Gasteiger partial charge in [-0.15, -0.1) is 0 Å². The van der Waals surface area contributed by atoms with Gasteiger partial charge in [-0.05, 0) is 80.1 Å². The highest BCUT2D eigenvalue weighted by atomic mass is 15.2. The van der Waals surface area contributed by atoms with Gasteiger partial charge < -0.3 is 0 Å². The number of benzene rings is 7. The predicted molar refractivity (Wildman–Crippen MR) is 219 cm³/mol. The van der Waals surface area contributed by atoms with Crippen LogP contribution < -0.4 is 0 Å². The van der Waals surface area contributed by atoms with Crippen molar-refractivity contribution >= 4 is 55.0 Å². The Balaban J connectivity index is 1.19. The molecule has 1 unspecified atom stereocenters. The zero-order chi connectivity index (χ0) is 35.5. The lowest BCUT2D eigenvalue weighted by molar-refractivity contribution is 0.268. The zero-order valence-electron chi connectivity index (χ0n) is 29.9. The molecular formula is C49H36N4. The molecule has 0 spiro atoms. The molecule has 4 nitrogen and oxygen atoms in total. The summed E-state index contributed by atoms with van der Waals surface area (Å²) in [5.74, 6) is 1.93. The molecule has 2 aromatic heterocycles. The molecule has 0 saturated carbocycles. The van der Waals surface area contributed by atoms with Crippen LogP contribution in [0, 0.1) is 5.41 Å². The maximum Gasteiger partial charge on any atom is 0.238 e. The fraction of sp³-hybridized carbons (Fsp3) is 0.122. The molecule has 0 fully saturated rings. The number of hydrogen-bond donors (Lipinski definition) is 0. The molecule has 53 heavy (non-hydrogen) atoms. The summed E-state index contributed by atoms with van der Waals surface area (Å²) >= 11 is 0. The van der Waals surface area contributed by atoms with Crippen LogP contribution in [0.3, 0.4) is 0 Å². The van der Waals surface area contributed by atoms with Crippen molar-refractivity contribution in [1.29, 1.82) is 0 Å². The summed E-state index contributed by atoms with van der Waals surface area (Å²) < 4.78 is 2.26. The van der Waals surface area contributed by atoms with Gasteiger partial charge in [0.15, 0.2) is 11.6 Å². The van der Waals surface area contributed by atoms with Crippen LogP contribution in [-0.4, -0.2) is 19.5 Å². The Morgan fingerprint density at radius 2 is 1.06 bits per heavy atom. The minimum absolute atomic E-state index is 0.110. The van der Waals surface area contributed by atoms with Gasteiger partial charge in [-0.2, -0.15) is 9.97 Å². The molecule has 0 N–H and O–H groups in total. The standard InChI is InChI=1S/C49H36N4/c1-48(2)41-28-44-38(26-39(41)42-27-37-34-22-12-10-20-32(34)33-21-11-13-23-35(33)40(37)29-49(42,48)3)36-24-14-15-25-43(36)53(44)47-51-45(30-16-6-4-7-17-30)50-46(52-47)31-18-8-5-9-19-31/h4-28H,29H2,1-3H3. The molecule has 0 aliphatic heterocycles. The molecule has 0 radical (unpaired) electrons. The van der Waals surface area contributed by atoms with E-state index in [2.05, 4.69) is 141 Å². The van der Waals surface area contributed by atoms with Gasteiger partial charge in [0.1, 0.15) is 0 Å². The van der Waals surface area contributed by atoms with Gasteiger partial charge in [0, 0.05) is 32.7 Å². The van der Waals surface area contributed by atoms with Gasteiger partial charge in [0.2, 0.25) is 5.95 Å². The molecule has 9 aromatic rings. The number of hydrogen-bond acceptors (Lipinski definition) is 3. The summed E-state index contributed by atoms with van der Waals surface area (Å²) in [6.07, 6.45) is 3.51. The van der Waals surface area contributed by atoms with Crippen molar-refractivity contribution in [3.63, 3.8) is 0 Å². The first-order valence-corrected chi connectivity index (χ1v) is 18.5. The van der Waals surface area contributed by atoms with Gasteiger partial charge in [0.05, 0.1) is 11.0 Å². The lowest BCUT2D eigenvalue weighted by Gasteiger charge is -2.43. The molecule has 11 rings (SSSR count). The van der Waals surface area contributed by atoms with E-state index in [1.54, 1.807) is 0 Å². The number of aromatic nitrogens is 4. The van der Waals surface area contributed by atoms with Crippen LogP contribution in [0.5, 0.6) is 0 Å². The van der Waals surface area contributed by atoms with Crippen molar-refractivity contribution in [1.82, 2.24) is 19.5 Å². The lowest BCUT2D eigenvalue weighted by atomic mass is 9.60. The fourth-order valence-corrected chi connectivity index (χ4v) is 9.45. The average Bonchev–Trinajstić information content (AvgIpc) is 3.62. The van der Waals surface area contributed by atoms with E-state index in [9.17, 15) is 0 Å². The minimum atomic E-state index is -0.155. The Labute approximate surface area is 308 Å². The van der Waals surface area contributed by atoms with Gasteiger partial charge in [-0.25, -0.2) is 4.98 Å². The third-order valence-corrected chi connectivity index (χ3v) is 12.5. The molecule has 0 bridgehead atoms. The number of nitrogens with zero attached hydrogens (tertiary/aromatic N) is 4. The molecule has 2 heterocycles. The second-order valence-corrected chi connectivity index (χ2v) is 15.5. The SMILES string of the molecule is CC12Cc3c(c4ccccc4c4ccccc34)C=C1c1cc3c4ccccc4n(-c4nc(-c5ccccc5)nc(-c5ccccc5)n4)c3cc1C2(C)C. The summed E-state index contributed by atoms with van der Waals surface area (Å²) in [6, 6.07) is 51.9. The first-order valence-electron chi connectivity index (χ1n) is 18.5. The van der Waals surface area contributed by atoms with Crippen molar-refractivity contribution in [2.75, 3.05) is 0 Å². The van der Waals surface area contributed by atoms with E-state index >= 15 is 0 Å². The van der Waals surface area contributed by atoms with Crippen molar-refractivity contribution in [3.05, 3.63) is 168 Å². The third kappa shape index (κ3) is 4.15. The van der Waals surface area contributed by atoms with E-state index in [1.807, 2.05) is 36.4 Å². The van der Waals surface area contributed by atoms with E-state index in [1.165, 1.54) is 60.1 Å². The van der Waals surface area contributed by atoms with Gasteiger partial charge in [-0.3, -0.25) is 4.57 Å². The quantitative estimate of drug-likeness (QED) is 0.174. The molecule has 0 amide bonds. The van der Waals surface area contributed by atoms with Crippen molar-refractivity contribution in [2.45, 2.75) is 32.6 Å². The van der Waals surface area contributed by atoms with Crippen LogP contribution in [0.2, 0.25) is 0 Å². The first-order chi connectivity index (χ1) is 25.9. The number of rotatable bonds is 3. The maximum absolute atomic E-state index is 5.20. The van der Waals surface area contributed by atoms with Crippen molar-refractivity contribution < 1.29 is 0 Å². The monoisotopic (exact) mass is 680 g/mol. The van der Waals surface area contributed by atoms with E-state index in [-0.39, 0.29) is 10.8 Å². The molecule has 1 atom stereocenters. The third-order valence-electron chi connectivity index (χ3n) is 12.5. The van der Waals surface area contributed by atoms with Crippen LogP contribution in [0.25, 0.3) is 83.7 Å². The Morgan fingerprint density at radius 3 is 1.72 bits per heavy atom. The first kappa shape index (κ1) is 30.3. The molecule has 4 heteroatoms. The van der Waals surface area contributed by atoms with Crippen LogP contribution in [0.1, 0.15) is 43.0 Å². The normalized spacial score (nSPS) is 17.2. The Morgan fingerprint density at radius 1 is 0.509 bits per heavy atom. The summed E-state index contributed by atoms with van der Waals surface area (Å²) in [7, 11) is 0. The average molecular weight is 681 g/mol. The second-order valence-electron chi connectivity index (χ2n) is 15.5. The Hall–Kier alpha value is -6.39.